The van der Waals surface area contributed by atoms with Gasteiger partial charge >= 0.3 is 0 Å². The fourth-order valence-corrected chi connectivity index (χ4v) is 4.98. The van der Waals surface area contributed by atoms with E-state index in [2.05, 4.69) is 60.7 Å². The molecule has 0 fully saturated rings. The molecule has 0 spiro atoms. The molecule has 4 heteroatoms. The Kier molecular flexibility index (Phi) is 8.51. The molecule has 18 heavy (non-hydrogen) atoms. The van der Waals surface area contributed by atoms with E-state index in [1.54, 1.807) is 0 Å². The highest BCUT2D eigenvalue weighted by Gasteiger charge is 1.95. The maximum absolute atomic E-state index is 2.18. The lowest BCUT2D eigenvalue weighted by molar-refractivity contribution is 1.43. The number of hydrogen-bond donors (Lipinski definition) is 0. The van der Waals surface area contributed by atoms with Crippen molar-refractivity contribution in [1.82, 2.24) is 0 Å². The third-order valence-electron chi connectivity index (χ3n) is 2.23. The third-order valence-corrected chi connectivity index (χ3v) is 6.34. The molecule has 2 aromatic carbocycles. The maximum Gasteiger partial charge on any atom is 0.0296 e. The van der Waals surface area contributed by atoms with Gasteiger partial charge in [-0.2, -0.15) is 0 Å². The molecule has 0 amide bonds. The quantitative estimate of drug-likeness (QED) is 0.485. The molecule has 2 aromatic rings. The van der Waals surface area contributed by atoms with E-state index in [9.17, 15) is 0 Å². The molecule has 0 saturated carbocycles. The topological polar surface area (TPSA) is 0 Å². The Balaban J connectivity index is 0.00000162. The molecule has 96 valence electrons. The summed E-state index contributed by atoms with van der Waals surface area (Å²) in [5.74, 6) is 2.15. The molecular formula is C14H15ClS3. The fourth-order valence-electron chi connectivity index (χ4n) is 1.37. The van der Waals surface area contributed by atoms with Crippen LogP contribution < -0.4 is 0 Å². The molecule has 0 saturated heterocycles. The van der Waals surface area contributed by atoms with Gasteiger partial charge in [0.1, 0.15) is 0 Å². The first-order valence-corrected chi connectivity index (χ1v) is 9.26. The molecule has 0 bridgehead atoms. The van der Waals surface area contributed by atoms with Crippen LogP contribution in [0, 0.1) is 0 Å². The summed E-state index contributed by atoms with van der Waals surface area (Å²) in [6.07, 6.45) is 0. The van der Waals surface area contributed by atoms with Gasteiger partial charge in [-0.1, -0.05) is 82.3 Å². The minimum atomic E-state index is 0. The Morgan fingerprint density at radius 2 is 1.00 bits per heavy atom. The lowest BCUT2D eigenvalue weighted by Crippen LogP contribution is -1.76. The maximum atomic E-state index is 2.18. The Morgan fingerprint density at radius 1 is 0.611 bits per heavy atom. The molecule has 0 radical (unpaired) electrons. The predicted octanol–water partition coefficient (Wildman–Crippen LogP) is 5.84. The zero-order valence-electron chi connectivity index (χ0n) is 9.82. The summed E-state index contributed by atoms with van der Waals surface area (Å²) in [5, 5.41) is 0. The van der Waals surface area contributed by atoms with Crippen molar-refractivity contribution in [2.24, 2.45) is 0 Å². The van der Waals surface area contributed by atoms with Gasteiger partial charge in [-0.05, 0) is 21.0 Å². The number of halogens is 1. The molecule has 0 aliphatic carbocycles. The van der Waals surface area contributed by atoms with Crippen LogP contribution in [0.5, 0.6) is 0 Å². The van der Waals surface area contributed by atoms with E-state index >= 15 is 0 Å². The van der Waals surface area contributed by atoms with Crippen LogP contribution in [0.3, 0.4) is 0 Å². The van der Waals surface area contributed by atoms with Crippen LogP contribution in [-0.4, -0.2) is 0 Å². The standard InChI is InChI=1S/C14H14S3.ClH/c1-3-7-13(8-4-1)11-15-17-16-12-14-9-5-2-6-10-14;/h1-10H,11-12H2;1H. The zero-order chi connectivity index (χ0) is 11.8. The van der Waals surface area contributed by atoms with E-state index in [0.717, 1.165) is 11.5 Å². The molecule has 2 rings (SSSR count). The van der Waals surface area contributed by atoms with Gasteiger partial charge < -0.3 is 0 Å². The average molecular weight is 315 g/mol. The average Bonchev–Trinajstić information content (AvgIpc) is 2.41. The molecule has 0 nitrogen and oxygen atoms in total. The van der Waals surface area contributed by atoms with Gasteiger partial charge in [0.15, 0.2) is 0 Å². The van der Waals surface area contributed by atoms with Crippen molar-refractivity contribution in [2.45, 2.75) is 11.5 Å². The Hall–Kier alpha value is -0.220. The van der Waals surface area contributed by atoms with E-state index in [-0.39, 0.29) is 12.4 Å². The normalized spacial score (nSPS) is 9.78. The highest BCUT2D eigenvalue weighted by Crippen LogP contribution is 2.38. The monoisotopic (exact) mass is 314 g/mol. The molecule has 0 aromatic heterocycles. The summed E-state index contributed by atoms with van der Waals surface area (Å²) < 4.78 is 0. The minimum Gasteiger partial charge on any atom is -0.147 e. The first kappa shape index (κ1) is 15.8. The fraction of sp³-hybridized carbons (Fsp3) is 0.143. The largest absolute Gasteiger partial charge is 0.147 e. The summed E-state index contributed by atoms with van der Waals surface area (Å²) >= 11 is 0. The van der Waals surface area contributed by atoms with Gasteiger partial charge in [0, 0.05) is 11.5 Å². The smallest absolute Gasteiger partial charge is 0.0296 e. The second-order valence-corrected chi connectivity index (χ2v) is 7.80. The van der Waals surface area contributed by atoms with Gasteiger partial charge in [-0.15, -0.1) is 12.4 Å². The highest BCUT2D eigenvalue weighted by atomic mass is 35.5. The van der Waals surface area contributed by atoms with Gasteiger partial charge in [0.2, 0.25) is 0 Å². The van der Waals surface area contributed by atoms with Crippen LogP contribution >= 0.6 is 43.8 Å². The van der Waals surface area contributed by atoms with Crippen molar-refractivity contribution >= 4 is 43.8 Å². The van der Waals surface area contributed by atoms with Crippen molar-refractivity contribution in [1.29, 1.82) is 0 Å². The van der Waals surface area contributed by atoms with Gasteiger partial charge in [0.25, 0.3) is 0 Å². The Labute approximate surface area is 127 Å². The number of benzene rings is 2. The molecule has 0 aliphatic rings. The Morgan fingerprint density at radius 3 is 1.39 bits per heavy atom. The summed E-state index contributed by atoms with van der Waals surface area (Å²) in [7, 11) is 5.69. The molecule has 0 aliphatic heterocycles. The van der Waals surface area contributed by atoms with Gasteiger partial charge in [-0.3, -0.25) is 0 Å². The van der Waals surface area contributed by atoms with Crippen molar-refractivity contribution in [2.75, 3.05) is 0 Å². The van der Waals surface area contributed by atoms with Gasteiger partial charge in [-0.25, -0.2) is 0 Å². The second kappa shape index (κ2) is 9.68. The summed E-state index contributed by atoms with van der Waals surface area (Å²) in [4.78, 5) is 0. The van der Waals surface area contributed by atoms with Crippen LogP contribution in [-0.2, 0) is 11.5 Å². The van der Waals surface area contributed by atoms with Crippen LogP contribution in [0.4, 0.5) is 0 Å². The zero-order valence-corrected chi connectivity index (χ0v) is 13.1. The molecule has 0 unspecified atom stereocenters. The highest BCUT2D eigenvalue weighted by molar-refractivity contribution is 9.09. The lowest BCUT2D eigenvalue weighted by atomic mass is 10.2. The second-order valence-electron chi connectivity index (χ2n) is 3.56. The van der Waals surface area contributed by atoms with Crippen molar-refractivity contribution in [3.05, 3.63) is 71.8 Å². The predicted molar refractivity (Wildman–Crippen MR) is 90.3 cm³/mol. The molecular weight excluding hydrogens is 300 g/mol. The molecule has 0 heterocycles. The van der Waals surface area contributed by atoms with Crippen molar-refractivity contribution in [3.63, 3.8) is 0 Å². The van der Waals surface area contributed by atoms with Crippen LogP contribution in [0.25, 0.3) is 0 Å². The first-order valence-electron chi connectivity index (χ1n) is 5.44. The summed E-state index contributed by atoms with van der Waals surface area (Å²) in [6, 6.07) is 21.2. The summed E-state index contributed by atoms with van der Waals surface area (Å²) in [6.45, 7) is 0. The molecule has 0 N–H and O–H groups in total. The summed E-state index contributed by atoms with van der Waals surface area (Å²) in [5.41, 5.74) is 2.79. The van der Waals surface area contributed by atoms with Crippen molar-refractivity contribution in [3.8, 4) is 0 Å². The third kappa shape index (κ3) is 6.10. The Bertz CT molecular complexity index is 378. The minimum absolute atomic E-state index is 0. The van der Waals surface area contributed by atoms with E-state index in [4.69, 9.17) is 0 Å². The number of hydrogen-bond acceptors (Lipinski definition) is 3. The van der Waals surface area contributed by atoms with Crippen LogP contribution in [0.2, 0.25) is 0 Å². The van der Waals surface area contributed by atoms with Gasteiger partial charge in [0.05, 0.1) is 0 Å². The molecule has 0 atom stereocenters. The SMILES string of the molecule is Cl.c1ccc(CSSSCc2ccccc2)cc1. The van der Waals surface area contributed by atoms with Crippen molar-refractivity contribution < 1.29 is 0 Å². The lowest BCUT2D eigenvalue weighted by Gasteiger charge is -2.01. The van der Waals surface area contributed by atoms with Crippen LogP contribution in [0.1, 0.15) is 11.1 Å². The van der Waals surface area contributed by atoms with E-state index in [1.807, 2.05) is 31.4 Å². The van der Waals surface area contributed by atoms with E-state index in [1.165, 1.54) is 11.1 Å². The van der Waals surface area contributed by atoms with E-state index in [0.29, 0.717) is 0 Å². The van der Waals surface area contributed by atoms with E-state index < -0.39 is 0 Å². The number of rotatable bonds is 6. The first-order chi connectivity index (χ1) is 8.45. The van der Waals surface area contributed by atoms with Crippen LogP contribution in [0.15, 0.2) is 60.7 Å².